The van der Waals surface area contributed by atoms with E-state index in [1.807, 2.05) is 0 Å². The summed E-state index contributed by atoms with van der Waals surface area (Å²) in [5.74, 6) is 0.0129. The van der Waals surface area contributed by atoms with Crippen LogP contribution in [0.1, 0.15) is 5.76 Å². The molecule has 0 unspecified atom stereocenters. The van der Waals surface area contributed by atoms with Gasteiger partial charge in [-0.15, -0.1) is 0 Å². The third-order valence-electron chi connectivity index (χ3n) is 2.11. The van der Waals surface area contributed by atoms with Crippen molar-refractivity contribution in [1.82, 2.24) is 0 Å². The number of hydrogen-bond donors (Lipinski definition) is 0. The first-order chi connectivity index (χ1) is 7.94. The summed E-state index contributed by atoms with van der Waals surface area (Å²) in [5, 5.41) is 0. The molecule has 6 heteroatoms. The molecule has 0 aliphatic rings. The second-order valence-electron chi connectivity index (χ2n) is 3.46. The van der Waals surface area contributed by atoms with Crippen molar-refractivity contribution < 1.29 is 17.2 Å². The van der Waals surface area contributed by atoms with Gasteiger partial charge in [0.2, 0.25) is 9.05 Å². The summed E-state index contributed by atoms with van der Waals surface area (Å²) < 4.78 is 39.7. The highest BCUT2D eigenvalue weighted by Crippen LogP contribution is 2.23. The van der Waals surface area contributed by atoms with Crippen LogP contribution in [-0.4, -0.2) is 8.42 Å². The summed E-state index contributed by atoms with van der Waals surface area (Å²) >= 11 is 0. The molecular weight excluding hydrogens is 267 g/mol. The van der Waals surface area contributed by atoms with Gasteiger partial charge in [-0.05, 0) is 36.4 Å². The van der Waals surface area contributed by atoms with E-state index in [9.17, 15) is 12.8 Å². The number of hydrogen-bond acceptors (Lipinski definition) is 3. The van der Waals surface area contributed by atoms with E-state index in [0.717, 1.165) is 0 Å². The van der Waals surface area contributed by atoms with E-state index in [-0.39, 0.29) is 17.3 Å². The largest absolute Gasteiger partial charge is 0.460 e. The Bertz CT molecular complexity index is 616. The fraction of sp³-hybridized carbons (Fsp3) is 0.0909. The van der Waals surface area contributed by atoms with Crippen LogP contribution in [0.2, 0.25) is 0 Å². The first kappa shape index (κ1) is 12.1. The minimum absolute atomic E-state index is 0.249. The molecular formula is C11H8ClFO3S. The van der Waals surface area contributed by atoms with Gasteiger partial charge in [-0.1, -0.05) is 0 Å². The van der Waals surface area contributed by atoms with E-state index in [1.165, 1.54) is 18.2 Å². The van der Waals surface area contributed by atoms with Gasteiger partial charge in [0.25, 0.3) is 0 Å². The zero-order chi connectivity index (χ0) is 12.5. The summed E-state index contributed by atoms with van der Waals surface area (Å²) in [7, 11) is 1.47. The molecule has 0 atom stereocenters. The Morgan fingerprint density at radius 2 is 1.76 bits per heavy atom. The summed E-state index contributed by atoms with van der Waals surface area (Å²) in [4.78, 5) is 0. The maximum absolute atomic E-state index is 12.7. The van der Waals surface area contributed by atoms with E-state index >= 15 is 0 Å². The van der Waals surface area contributed by atoms with Crippen LogP contribution >= 0.6 is 10.7 Å². The molecule has 0 fully saturated rings. The Morgan fingerprint density at radius 1 is 1.12 bits per heavy atom. The van der Waals surface area contributed by atoms with Gasteiger partial charge in [0.15, 0.2) is 0 Å². The zero-order valence-corrected chi connectivity index (χ0v) is 10.1. The van der Waals surface area contributed by atoms with Crippen LogP contribution in [0.25, 0.3) is 11.3 Å². The molecule has 0 saturated carbocycles. The standard InChI is InChI=1S/C11H8ClFO3S/c12-17(14,15)7-10-5-6-11(16-10)8-1-3-9(13)4-2-8/h1-6H,7H2. The highest BCUT2D eigenvalue weighted by molar-refractivity contribution is 8.13. The summed E-state index contributed by atoms with van der Waals surface area (Å²) in [6.07, 6.45) is 0. The normalized spacial score (nSPS) is 11.6. The van der Waals surface area contributed by atoms with Crippen LogP contribution in [0.4, 0.5) is 4.39 Å². The smallest absolute Gasteiger partial charge is 0.239 e. The topological polar surface area (TPSA) is 47.3 Å². The minimum atomic E-state index is -3.63. The highest BCUT2D eigenvalue weighted by atomic mass is 35.7. The van der Waals surface area contributed by atoms with Crippen molar-refractivity contribution in [3.05, 3.63) is 48.0 Å². The predicted molar refractivity (Wildman–Crippen MR) is 62.6 cm³/mol. The lowest BCUT2D eigenvalue weighted by Gasteiger charge is -1.96. The number of rotatable bonds is 3. The lowest BCUT2D eigenvalue weighted by Crippen LogP contribution is -1.92. The van der Waals surface area contributed by atoms with Crippen molar-refractivity contribution in [1.29, 1.82) is 0 Å². The van der Waals surface area contributed by atoms with Crippen molar-refractivity contribution in [3.8, 4) is 11.3 Å². The van der Waals surface area contributed by atoms with Crippen LogP contribution in [0, 0.1) is 5.82 Å². The third-order valence-corrected chi connectivity index (χ3v) is 3.06. The van der Waals surface area contributed by atoms with Crippen molar-refractivity contribution in [3.63, 3.8) is 0 Å². The maximum Gasteiger partial charge on any atom is 0.239 e. The van der Waals surface area contributed by atoms with Crippen molar-refractivity contribution in [2.45, 2.75) is 5.75 Å². The van der Waals surface area contributed by atoms with Gasteiger partial charge in [0.05, 0.1) is 0 Å². The molecule has 0 spiro atoms. The van der Waals surface area contributed by atoms with E-state index < -0.39 is 9.05 Å². The molecule has 17 heavy (non-hydrogen) atoms. The van der Waals surface area contributed by atoms with Crippen LogP contribution in [-0.2, 0) is 14.8 Å². The molecule has 2 rings (SSSR count). The molecule has 0 radical (unpaired) electrons. The molecule has 1 heterocycles. The van der Waals surface area contributed by atoms with Crippen LogP contribution in [0.3, 0.4) is 0 Å². The molecule has 2 aromatic rings. The molecule has 0 aliphatic heterocycles. The summed E-state index contributed by atoms with van der Waals surface area (Å²) in [6, 6.07) is 8.84. The minimum Gasteiger partial charge on any atom is -0.460 e. The van der Waals surface area contributed by atoms with Crippen molar-refractivity contribution in [2.24, 2.45) is 0 Å². The zero-order valence-electron chi connectivity index (χ0n) is 8.56. The van der Waals surface area contributed by atoms with Gasteiger partial charge in [-0.3, -0.25) is 0 Å². The second-order valence-corrected chi connectivity index (χ2v) is 6.23. The Morgan fingerprint density at radius 3 is 2.35 bits per heavy atom. The number of furan rings is 1. The predicted octanol–water partition coefficient (Wildman–Crippen LogP) is 3.15. The molecule has 0 amide bonds. The van der Waals surface area contributed by atoms with Crippen LogP contribution in [0.15, 0.2) is 40.8 Å². The summed E-state index contributed by atoms with van der Waals surface area (Å²) in [6.45, 7) is 0. The van der Waals surface area contributed by atoms with Crippen LogP contribution in [0.5, 0.6) is 0 Å². The summed E-state index contributed by atoms with van der Waals surface area (Å²) in [5.41, 5.74) is 0.671. The maximum atomic E-state index is 12.7. The number of benzene rings is 1. The molecule has 0 aliphatic carbocycles. The van der Waals surface area contributed by atoms with Gasteiger partial charge in [-0.25, -0.2) is 12.8 Å². The van der Waals surface area contributed by atoms with Gasteiger partial charge in [0.1, 0.15) is 23.1 Å². The Kier molecular flexibility index (Phi) is 3.22. The molecule has 90 valence electrons. The van der Waals surface area contributed by atoms with E-state index in [1.54, 1.807) is 18.2 Å². The molecule has 1 aromatic heterocycles. The van der Waals surface area contributed by atoms with Gasteiger partial charge in [0, 0.05) is 16.2 Å². The first-order valence-electron chi connectivity index (χ1n) is 4.71. The Labute approximate surface area is 102 Å². The highest BCUT2D eigenvalue weighted by Gasteiger charge is 2.12. The fourth-order valence-corrected chi connectivity index (χ4v) is 2.21. The molecule has 0 N–H and O–H groups in total. The van der Waals surface area contributed by atoms with Gasteiger partial charge >= 0.3 is 0 Å². The fourth-order valence-electron chi connectivity index (χ4n) is 1.39. The monoisotopic (exact) mass is 274 g/mol. The average Bonchev–Trinajstić information content (AvgIpc) is 2.64. The molecule has 0 bridgehead atoms. The SMILES string of the molecule is O=S(=O)(Cl)Cc1ccc(-c2ccc(F)cc2)o1. The Hall–Kier alpha value is -1.33. The van der Waals surface area contributed by atoms with Crippen molar-refractivity contribution in [2.75, 3.05) is 0 Å². The van der Waals surface area contributed by atoms with E-state index in [0.29, 0.717) is 11.3 Å². The van der Waals surface area contributed by atoms with E-state index in [2.05, 4.69) is 0 Å². The first-order valence-corrected chi connectivity index (χ1v) is 7.19. The van der Waals surface area contributed by atoms with E-state index in [4.69, 9.17) is 15.1 Å². The van der Waals surface area contributed by atoms with Crippen LogP contribution < -0.4 is 0 Å². The molecule has 3 nitrogen and oxygen atoms in total. The third kappa shape index (κ3) is 3.31. The van der Waals surface area contributed by atoms with Crippen molar-refractivity contribution >= 4 is 19.7 Å². The molecule has 1 aromatic carbocycles. The molecule has 0 saturated heterocycles. The Balaban J connectivity index is 2.27. The number of halogens is 2. The van der Waals surface area contributed by atoms with Gasteiger partial charge in [-0.2, -0.15) is 0 Å². The average molecular weight is 275 g/mol. The van der Waals surface area contributed by atoms with Gasteiger partial charge < -0.3 is 4.42 Å². The lowest BCUT2D eigenvalue weighted by molar-refractivity contribution is 0.535. The quantitative estimate of drug-likeness (QED) is 0.808. The second kappa shape index (κ2) is 4.50. The lowest BCUT2D eigenvalue weighted by atomic mass is 10.2.